The standard InChI is InChI=1S/C31H31ClN4O4/c1-21-7-3-4-11-27(21)30(38)35(18-26-10-6-16-40-26)20-29(37)34-31-33-28(22-12-14-23(32)15-13-22)19-36(31)24-8-5-9-25(17-24)39-2/h3-5,7-9,11-15,17,19,26H,6,10,16,18,20H2,1-2H3,(H,33,34,37)/t26-/m0/s1. The second-order valence-corrected chi connectivity index (χ2v) is 10.1. The van der Waals surface area contributed by atoms with E-state index in [0.29, 0.717) is 41.1 Å². The summed E-state index contributed by atoms with van der Waals surface area (Å²) in [6.07, 6.45) is 3.53. The summed E-state index contributed by atoms with van der Waals surface area (Å²) in [6, 6.07) is 22.2. The Hall–Kier alpha value is -4.14. The van der Waals surface area contributed by atoms with Crippen LogP contribution in [0.25, 0.3) is 16.9 Å². The van der Waals surface area contributed by atoms with E-state index in [2.05, 4.69) is 5.32 Å². The smallest absolute Gasteiger partial charge is 0.254 e. The number of hydrogen-bond acceptors (Lipinski definition) is 5. The number of hydrogen-bond donors (Lipinski definition) is 1. The Bertz CT molecular complexity index is 1500. The summed E-state index contributed by atoms with van der Waals surface area (Å²) in [7, 11) is 1.60. The molecule has 8 nitrogen and oxygen atoms in total. The maximum Gasteiger partial charge on any atom is 0.254 e. The Morgan fingerprint density at radius 2 is 1.93 bits per heavy atom. The van der Waals surface area contributed by atoms with Crippen LogP contribution in [-0.4, -0.2) is 59.2 Å². The molecule has 0 spiro atoms. The van der Waals surface area contributed by atoms with Crippen LogP contribution in [0.4, 0.5) is 5.95 Å². The molecule has 0 saturated carbocycles. The van der Waals surface area contributed by atoms with Gasteiger partial charge in [-0.2, -0.15) is 0 Å². The van der Waals surface area contributed by atoms with Crippen LogP contribution in [0, 0.1) is 6.92 Å². The number of anilines is 1. The number of benzene rings is 3. The van der Waals surface area contributed by atoms with Crippen molar-refractivity contribution >= 4 is 29.4 Å². The minimum atomic E-state index is -0.364. The molecule has 2 heterocycles. The zero-order valence-electron chi connectivity index (χ0n) is 22.5. The van der Waals surface area contributed by atoms with Crippen LogP contribution in [0.1, 0.15) is 28.8 Å². The van der Waals surface area contributed by atoms with Crippen LogP contribution in [-0.2, 0) is 9.53 Å². The molecule has 0 aliphatic carbocycles. The van der Waals surface area contributed by atoms with Crippen molar-refractivity contribution in [3.63, 3.8) is 0 Å². The highest BCUT2D eigenvalue weighted by Crippen LogP contribution is 2.27. The molecule has 206 valence electrons. The highest BCUT2D eigenvalue weighted by atomic mass is 35.5. The molecule has 0 bridgehead atoms. The van der Waals surface area contributed by atoms with Gasteiger partial charge in [0.25, 0.3) is 5.91 Å². The highest BCUT2D eigenvalue weighted by molar-refractivity contribution is 6.30. The van der Waals surface area contributed by atoms with Crippen LogP contribution in [0.2, 0.25) is 5.02 Å². The van der Waals surface area contributed by atoms with Gasteiger partial charge in [-0.25, -0.2) is 4.98 Å². The van der Waals surface area contributed by atoms with E-state index in [0.717, 1.165) is 29.7 Å². The van der Waals surface area contributed by atoms with Gasteiger partial charge in [0.1, 0.15) is 12.3 Å². The van der Waals surface area contributed by atoms with Crippen LogP contribution in [0.5, 0.6) is 5.75 Å². The van der Waals surface area contributed by atoms with Crippen LogP contribution in [0.3, 0.4) is 0 Å². The topological polar surface area (TPSA) is 85.7 Å². The Morgan fingerprint density at radius 1 is 1.12 bits per heavy atom. The second kappa shape index (κ2) is 12.4. The summed E-state index contributed by atoms with van der Waals surface area (Å²) in [6.45, 7) is 2.74. The zero-order chi connectivity index (χ0) is 28.1. The molecule has 1 aliphatic heterocycles. The van der Waals surface area contributed by atoms with Gasteiger partial charge in [0.2, 0.25) is 11.9 Å². The first-order valence-corrected chi connectivity index (χ1v) is 13.5. The van der Waals surface area contributed by atoms with E-state index in [1.54, 1.807) is 34.8 Å². The molecular weight excluding hydrogens is 528 g/mol. The number of halogens is 1. The van der Waals surface area contributed by atoms with Gasteiger partial charge in [-0.3, -0.25) is 19.5 Å². The van der Waals surface area contributed by atoms with E-state index in [-0.39, 0.29) is 24.5 Å². The molecule has 4 aromatic rings. The Kier molecular flexibility index (Phi) is 8.48. The summed E-state index contributed by atoms with van der Waals surface area (Å²) in [4.78, 5) is 33.3. The molecule has 1 aromatic heterocycles. The molecule has 0 radical (unpaired) electrons. The predicted octanol–water partition coefficient (Wildman–Crippen LogP) is 5.77. The molecule has 1 saturated heterocycles. The van der Waals surface area contributed by atoms with Crippen molar-refractivity contribution in [3.05, 3.63) is 95.1 Å². The lowest BCUT2D eigenvalue weighted by molar-refractivity contribution is -0.117. The number of nitrogens with one attached hydrogen (secondary N) is 1. The number of aryl methyl sites for hydroxylation is 1. The SMILES string of the molecule is COc1cccc(-n2cc(-c3ccc(Cl)cc3)nc2NC(=O)CN(C[C@@H]2CCCO2)C(=O)c2ccccc2C)c1. The molecule has 1 atom stereocenters. The van der Waals surface area contributed by atoms with Gasteiger partial charge in [0.05, 0.1) is 24.6 Å². The van der Waals surface area contributed by atoms with E-state index < -0.39 is 0 Å². The third-order valence-corrected chi connectivity index (χ3v) is 7.13. The number of carbonyl (C=O) groups excluding carboxylic acids is 2. The zero-order valence-corrected chi connectivity index (χ0v) is 23.2. The largest absolute Gasteiger partial charge is 0.497 e. The van der Waals surface area contributed by atoms with Crippen molar-refractivity contribution < 1.29 is 19.1 Å². The third-order valence-electron chi connectivity index (χ3n) is 6.87. The summed E-state index contributed by atoms with van der Waals surface area (Å²) in [5.41, 5.74) is 3.68. The molecule has 1 aliphatic rings. The molecule has 9 heteroatoms. The Balaban J connectivity index is 1.43. The first-order valence-electron chi connectivity index (χ1n) is 13.2. The first-order chi connectivity index (χ1) is 19.4. The van der Waals surface area contributed by atoms with E-state index in [9.17, 15) is 9.59 Å². The van der Waals surface area contributed by atoms with Crippen LogP contribution >= 0.6 is 11.6 Å². The average Bonchev–Trinajstić information content (AvgIpc) is 3.63. The quantitative estimate of drug-likeness (QED) is 0.282. The molecule has 0 unspecified atom stereocenters. The van der Waals surface area contributed by atoms with Gasteiger partial charge in [-0.15, -0.1) is 0 Å². The Morgan fingerprint density at radius 3 is 2.65 bits per heavy atom. The summed E-state index contributed by atoms with van der Waals surface area (Å²) < 4.78 is 13.0. The van der Waals surface area contributed by atoms with E-state index in [4.69, 9.17) is 26.1 Å². The van der Waals surface area contributed by atoms with Crippen molar-refractivity contribution in [2.45, 2.75) is 25.9 Å². The number of ether oxygens (including phenoxy) is 2. The Labute approximate surface area is 238 Å². The van der Waals surface area contributed by atoms with Gasteiger partial charge in [-0.05, 0) is 55.7 Å². The van der Waals surface area contributed by atoms with Crippen molar-refractivity contribution in [3.8, 4) is 22.7 Å². The predicted molar refractivity (Wildman–Crippen MR) is 155 cm³/mol. The number of aromatic nitrogens is 2. The first kappa shape index (κ1) is 27.4. The molecule has 1 fully saturated rings. The summed E-state index contributed by atoms with van der Waals surface area (Å²) in [5.74, 6) is 0.422. The lowest BCUT2D eigenvalue weighted by atomic mass is 10.1. The van der Waals surface area contributed by atoms with Gasteiger partial charge in [-0.1, -0.05) is 48.0 Å². The van der Waals surface area contributed by atoms with Gasteiger partial charge in [0.15, 0.2) is 0 Å². The van der Waals surface area contributed by atoms with Crippen LogP contribution < -0.4 is 10.1 Å². The molecule has 40 heavy (non-hydrogen) atoms. The van der Waals surface area contributed by atoms with E-state index in [1.807, 2.05) is 67.7 Å². The number of amides is 2. The number of methoxy groups -OCH3 is 1. The number of carbonyl (C=O) groups is 2. The molecule has 2 amide bonds. The van der Waals surface area contributed by atoms with Crippen molar-refractivity contribution in [2.24, 2.45) is 0 Å². The average molecular weight is 559 g/mol. The number of rotatable bonds is 9. The lowest BCUT2D eigenvalue weighted by Crippen LogP contribution is -2.42. The highest BCUT2D eigenvalue weighted by Gasteiger charge is 2.26. The van der Waals surface area contributed by atoms with E-state index >= 15 is 0 Å². The van der Waals surface area contributed by atoms with Gasteiger partial charge < -0.3 is 14.4 Å². The molecule has 3 aromatic carbocycles. The van der Waals surface area contributed by atoms with Crippen molar-refractivity contribution in [1.29, 1.82) is 0 Å². The van der Waals surface area contributed by atoms with Gasteiger partial charge in [0, 0.05) is 41.6 Å². The lowest BCUT2D eigenvalue weighted by Gasteiger charge is -2.25. The van der Waals surface area contributed by atoms with Crippen LogP contribution in [0.15, 0.2) is 79.0 Å². The monoisotopic (exact) mass is 558 g/mol. The van der Waals surface area contributed by atoms with Crippen molar-refractivity contribution in [2.75, 3.05) is 32.1 Å². The van der Waals surface area contributed by atoms with E-state index in [1.165, 1.54) is 0 Å². The maximum atomic E-state index is 13.6. The second-order valence-electron chi connectivity index (χ2n) is 9.71. The van der Waals surface area contributed by atoms with Crippen molar-refractivity contribution in [1.82, 2.24) is 14.5 Å². The molecule has 5 rings (SSSR count). The molecular formula is C31H31ClN4O4. The minimum absolute atomic E-state index is 0.101. The normalized spacial score (nSPS) is 14.6. The number of imidazole rings is 1. The third kappa shape index (κ3) is 6.35. The fourth-order valence-electron chi connectivity index (χ4n) is 4.76. The number of nitrogens with zero attached hydrogens (tertiary/aromatic N) is 3. The van der Waals surface area contributed by atoms with Gasteiger partial charge >= 0.3 is 0 Å². The fraction of sp³-hybridized carbons (Fsp3) is 0.258. The minimum Gasteiger partial charge on any atom is -0.497 e. The maximum absolute atomic E-state index is 13.6. The summed E-state index contributed by atoms with van der Waals surface area (Å²) >= 11 is 6.08. The molecule has 1 N–H and O–H groups in total. The fourth-order valence-corrected chi connectivity index (χ4v) is 4.89. The summed E-state index contributed by atoms with van der Waals surface area (Å²) in [5, 5.41) is 3.56.